The van der Waals surface area contributed by atoms with E-state index in [4.69, 9.17) is 17.3 Å². The van der Waals surface area contributed by atoms with Gasteiger partial charge in [0.25, 0.3) is 0 Å². The Balaban J connectivity index is 0.00000312. The molecule has 6 nitrogen and oxygen atoms in total. The molecule has 1 aromatic rings. The van der Waals surface area contributed by atoms with E-state index in [0.717, 1.165) is 18.8 Å². The number of piperazine rings is 1. The summed E-state index contributed by atoms with van der Waals surface area (Å²) in [5, 5.41) is 3.38. The zero-order chi connectivity index (χ0) is 17.7. The molecule has 2 atom stereocenters. The quantitative estimate of drug-likeness (QED) is 0.755. The van der Waals surface area contributed by atoms with Gasteiger partial charge in [-0.25, -0.2) is 0 Å². The number of benzene rings is 1. The number of hydrogen-bond donors (Lipinski definition) is 2. The number of halogens is 3. The third kappa shape index (κ3) is 6.83. The summed E-state index contributed by atoms with van der Waals surface area (Å²) in [4.78, 5) is 28.1. The smallest absolute Gasteiger partial charge is 0.242 e. The normalized spacial score (nSPS) is 16.0. The van der Waals surface area contributed by atoms with Crippen molar-refractivity contribution in [2.24, 2.45) is 11.7 Å². The van der Waals surface area contributed by atoms with Gasteiger partial charge in [-0.3, -0.25) is 9.59 Å². The SMILES string of the molecule is CC(N)C(C)C(=O)NCC(=O)N1CCN(c2cccc(Cl)c2)CC1.Cl.Cl. The molecule has 26 heavy (non-hydrogen) atoms. The van der Waals surface area contributed by atoms with Crippen molar-refractivity contribution in [3.63, 3.8) is 0 Å². The van der Waals surface area contributed by atoms with Gasteiger partial charge in [-0.05, 0) is 25.1 Å². The number of rotatable bonds is 5. The van der Waals surface area contributed by atoms with Gasteiger partial charge < -0.3 is 20.9 Å². The monoisotopic (exact) mass is 424 g/mol. The van der Waals surface area contributed by atoms with Gasteiger partial charge in [0.1, 0.15) is 0 Å². The molecule has 1 fully saturated rings. The Morgan fingerprint density at radius 1 is 1.19 bits per heavy atom. The molecule has 1 aliphatic rings. The summed E-state index contributed by atoms with van der Waals surface area (Å²) in [6.07, 6.45) is 0. The molecule has 148 valence electrons. The molecule has 0 saturated carbocycles. The lowest BCUT2D eigenvalue weighted by atomic mass is 10.0. The predicted octanol–water partition coefficient (Wildman–Crippen LogP) is 1.93. The molecule has 0 radical (unpaired) electrons. The van der Waals surface area contributed by atoms with Gasteiger partial charge in [0.2, 0.25) is 11.8 Å². The van der Waals surface area contributed by atoms with E-state index in [1.165, 1.54) is 0 Å². The van der Waals surface area contributed by atoms with Gasteiger partial charge in [0.15, 0.2) is 0 Å². The summed E-state index contributed by atoms with van der Waals surface area (Å²) in [5.74, 6) is -0.556. The topological polar surface area (TPSA) is 78.7 Å². The molecule has 2 unspecified atom stereocenters. The molecular weight excluding hydrogens is 399 g/mol. The molecule has 3 N–H and O–H groups in total. The van der Waals surface area contributed by atoms with Crippen LogP contribution in [-0.4, -0.2) is 55.5 Å². The standard InChI is InChI=1S/C17H25ClN4O2.2ClH/c1-12(13(2)19)17(24)20-11-16(23)22-8-6-21(7-9-22)15-5-3-4-14(18)10-15;;/h3-5,10,12-13H,6-9,11,19H2,1-2H3,(H,20,24);2*1H. The van der Waals surface area contributed by atoms with Gasteiger partial charge in [-0.1, -0.05) is 24.6 Å². The van der Waals surface area contributed by atoms with E-state index in [1.54, 1.807) is 18.7 Å². The first kappa shape index (κ1) is 24.8. The fraction of sp³-hybridized carbons (Fsp3) is 0.529. The molecule has 1 aromatic carbocycles. The Labute approximate surface area is 172 Å². The molecule has 0 aliphatic carbocycles. The number of carbonyl (C=O) groups is 2. The van der Waals surface area contributed by atoms with Crippen LogP contribution in [0.15, 0.2) is 24.3 Å². The average Bonchev–Trinajstić information content (AvgIpc) is 2.58. The van der Waals surface area contributed by atoms with Crippen molar-refractivity contribution in [1.82, 2.24) is 10.2 Å². The van der Waals surface area contributed by atoms with Crippen LogP contribution in [0.3, 0.4) is 0 Å². The Bertz CT molecular complexity index is 593. The third-order valence-electron chi connectivity index (χ3n) is 4.42. The maximum atomic E-state index is 12.2. The van der Waals surface area contributed by atoms with E-state index in [9.17, 15) is 9.59 Å². The largest absolute Gasteiger partial charge is 0.368 e. The maximum Gasteiger partial charge on any atom is 0.242 e. The van der Waals surface area contributed by atoms with Gasteiger partial charge in [-0.15, -0.1) is 24.8 Å². The number of anilines is 1. The first-order valence-corrected chi connectivity index (χ1v) is 8.58. The molecule has 0 bridgehead atoms. The van der Waals surface area contributed by atoms with E-state index in [2.05, 4.69) is 10.2 Å². The van der Waals surface area contributed by atoms with Crippen LogP contribution in [0.1, 0.15) is 13.8 Å². The lowest BCUT2D eigenvalue weighted by Gasteiger charge is -2.36. The number of carbonyl (C=O) groups excluding carboxylic acids is 2. The second kappa shape index (κ2) is 11.5. The van der Waals surface area contributed by atoms with Crippen LogP contribution in [0.25, 0.3) is 0 Å². The number of hydrogen-bond acceptors (Lipinski definition) is 4. The summed E-state index contributed by atoms with van der Waals surface area (Å²) >= 11 is 6.02. The molecule has 0 aromatic heterocycles. The van der Waals surface area contributed by atoms with Crippen LogP contribution in [0.5, 0.6) is 0 Å². The molecule has 2 amide bonds. The summed E-state index contributed by atoms with van der Waals surface area (Å²) < 4.78 is 0. The third-order valence-corrected chi connectivity index (χ3v) is 4.66. The van der Waals surface area contributed by atoms with Gasteiger partial charge in [0, 0.05) is 48.8 Å². The average molecular weight is 426 g/mol. The van der Waals surface area contributed by atoms with E-state index in [1.807, 2.05) is 24.3 Å². The van der Waals surface area contributed by atoms with Gasteiger partial charge in [-0.2, -0.15) is 0 Å². The zero-order valence-corrected chi connectivity index (χ0v) is 17.4. The first-order chi connectivity index (χ1) is 11.4. The molecule has 9 heteroatoms. The lowest BCUT2D eigenvalue weighted by molar-refractivity contribution is -0.134. The van der Waals surface area contributed by atoms with E-state index < -0.39 is 0 Å². The van der Waals surface area contributed by atoms with Crippen molar-refractivity contribution in [3.05, 3.63) is 29.3 Å². The van der Waals surface area contributed by atoms with Crippen molar-refractivity contribution in [2.75, 3.05) is 37.6 Å². The van der Waals surface area contributed by atoms with Crippen LogP contribution in [0.2, 0.25) is 5.02 Å². The fourth-order valence-electron chi connectivity index (χ4n) is 2.56. The summed E-state index contributed by atoms with van der Waals surface area (Å²) in [6.45, 7) is 6.31. The summed E-state index contributed by atoms with van der Waals surface area (Å²) in [7, 11) is 0. The Kier molecular flexibility index (Phi) is 11.0. The lowest BCUT2D eigenvalue weighted by Crippen LogP contribution is -2.52. The minimum atomic E-state index is -0.308. The fourth-order valence-corrected chi connectivity index (χ4v) is 2.75. The van der Waals surface area contributed by atoms with Crippen LogP contribution < -0.4 is 16.0 Å². The van der Waals surface area contributed by atoms with Gasteiger partial charge in [0.05, 0.1) is 6.54 Å². The van der Waals surface area contributed by atoms with E-state index in [-0.39, 0.29) is 55.1 Å². The molecule has 1 aliphatic heterocycles. The van der Waals surface area contributed by atoms with E-state index in [0.29, 0.717) is 18.1 Å². The number of amides is 2. The minimum Gasteiger partial charge on any atom is -0.368 e. The van der Waals surface area contributed by atoms with Crippen LogP contribution in [0, 0.1) is 5.92 Å². The highest BCUT2D eigenvalue weighted by molar-refractivity contribution is 6.30. The summed E-state index contributed by atoms with van der Waals surface area (Å²) in [5.41, 5.74) is 6.76. The highest BCUT2D eigenvalue weighted by atomic mass is 35.5. The number of nitrogens with two attached hydrogens (primary N) is 1. The Morgan fingerprint density at radius 2 is 1.81 bits per heavy atom. The van der Waals surface area contributed by atoms with Crippen molar-refractivity contribution in [3.8, 4) is 0 Å². The molecule has 1 heterocycles. The van der Waals surface area contributed by atoms with Crippen LogP contribution >= 0.6 is 36.4 Å². The zero-order valence-electron chi connectivity index (χ0n) is 15.0. The van der Waals surface area contributed by atoms with Crippen LogP contribution in [-0.2, 0) is 9.59 Å². The molecule has 1 saturated heterocycles. The minimum absolute atomic E-state index is 0. The van der Waals surface area contributed by atoms with Crippen LogP contribution in [0.4, 0.5) is 5.69 Å². The molecule has 0 spiro atoms. The maximum absolute atomic E-state index is 12.2. The Hall–Kier alpha value is -1.21. The highest BCUT2D eigenvalue weighted by Crippen LogP contribution is 2.20. The van der Waals surface area contributed by atoms with Crippen molar-refractivity contribution < 1.29 is 9.59 Å². The second-order valence-corrected chi connectivity index (χ2v) is 6.65. The molecular formula is C17H27Cl3N4O2. The molecule has 2 rings (SSSR count). The second-order valence-electron chi connectivity index (χ2n) is 6.21. The van der Waals surface area contributed by atoms with Gasteiger partial charge >= 0.3 is 0 Å². The highest BCUT2D eigenvalue weighted by Gasteiger charge is 2.23. The number of nitrogens with one attached hydrogen (secondary N) is 1. The van der Waals surface area contributed by atoms with Crippen molar-refractivity contribution >= 4 is 53.9 Å². The Morgan fingerprint density at radius 3 is 2.35 bits per heavy atom. The number of nitrogens with zero attached hydrogens (tertiary/aromatic N) is 2. The predicted molar refractivity (Wildman–Crippen MR) is 111 cm³/mol. The van der Waals surface area contributed by atoms with Crippen molar-refractivity contribution in [2.45, 2.75) is 19.9 Å². The summed E-state index contributed by atoms with van der Waals surface area (Å²) in [6, 6.07) is 7.47. The van der Waals surface area contributed by atoms with E-state index >= 15 is 0 Å². The first-order valence-electron chi connectivity index (χ1n) is 8.20. The van der Waals surface area contributed by atoms with Crippen molar-refractivity contribution in [1.29, 1.82) is 0 Å².